The van der Waals surface area contributed by atoms with Gasteiger partial charge in [0.2, 0.25) is 0 Å². The first-order chi connectivity index (χ1) is 16.1. The van der Waals surface area contributed by atoms with Gasteiger partial charge in [0.05, 0.1) is 25.6 Å². The van der Waals surface area contributed by atoms with Crippen LogP contribution in [0.2, 0.25) is 0 Å². The van der Waals surface area contributed by atoms with Crippen LogP contribution in [0.5, 0.6) is 5.75 Å². The van der Waals surface area contributed by atoms with E-state index in [1.54, 1.807) is 0 Å². The highest BCUT2D eigenvalue weighted by molar-refractivity contribution is 5.59. The Kier molecular flexibility index (Phi) is 5.85. The van der Waals surface area contributed by atoms with Gasteiger partial charge in [0.25, 0.3) is 0 Å². The summed E-state index contributed by atoms with van der Waals surface area (Å²) < 4.78 is 6.22. The molecule has 3 aromatic rings. The van der Waals surface area contributed by atoms with Crippen molar-refractivity contribution < 1.29 is 4.74 Å². The van der Waals surface area contributed by atoms with Gasteiger partial charge in [0.15, 0.2) is 0 Å². The number of nitrogens with zero attached hydrogens (tertiary/aromatic N) is 6. The molecule has 0 saturated heterocycles. The van der Waals surface area contributed by atoms with Crippen molar-refractivity contribution in [2.45, 2.75) is 6.42 Å². The van der Waals surface area contributed by atoms with E-state index in [4.69, 9.17) is 9.72 Å². The average Bonchev–Trinajstić information content (AvgIpc) is 3.48. The smallest absolute Gasteiger partial charge is 0.140 e. The molecule has 5 rings (SSSR count). The zero-order chi connectivity index (χ0) is 22.6. The van der Waals surface area contributed by atoms with Crippen LogP contribution < -0.4 is 14.5 Å². The Balaban J connectivity index is 1.31. The number of rotatable bonds is 7. The van der Waals surface area contributed by atoms with Crippen LogP contribution in [-0.4, -0.2) is 53.8 Å². The molecule has 2 aromatic heterocycles. The summed E-state index contributed by atoms with van der Waals surface area (Å²) in [6.07, 6.45) is 10.9. The van der Waals surface area contributed by atoms with Crippen LogP contribution in [0.4, 0.5) is 11.6 Å². The predicted octanol–water partition coefficient (Wildman–Crippen LogP) is 4.13. The summed E-state index contributed by atoms with van der Waals surface area (Å²) in [5.41, 5.74) is 3.30. The molecule has 0 unspecified atom stereocenters. The summed E-state index contributed by atoms with van der Waals surface area (Å²) in [6.45, 7) is 2.11. The molecular weight excluding hydrogens is 412 g/mol. The van der Waals surface area contributed by atoms with E-state index in [9.17, 15) is 0 Å². The lowest BCUT2D eigenvalue weighted by atomic mass is 10.1. The molecule has 7 heteroatoms. The Hall–Kier alpha value is -4.00. The van der Waals surface area contributed by atoms with Crippen LogP contribution in [0.3, 0.4) is 0 Å². The van der Waals surface area contributed by atoms with Crippen LogP contribution >= 0.6 is 0 Å². The van der Waals surface area contributed by atoms with Crippen LogP contribution in [0.25, 0.3) is 11.3 Å². The highest BCUT2D eigenvalue weighted by atomic mass is 16.5. The van der Waals surface area contributed by atoms with Crippen molar-refractivity contribution in [3.05, 3.63) is 91.2 Å². The molecule has 0 atom stereocenters. The van der Waals surface area contributed by atoms with Gasteiger partial charge in [-0.15, -0.1) is 0 Å². The average molecular weight is 441 g/mol. The van der Waals surface area contributed by atoms with Gasteiger partial charge in [-0.25, -0.2) is 4.98 Å². The molecule has 0 aliphatic carbocycles. The summed E-state index contributed by atoms with van der Waals surface area (Å²) in [5, 5.41) is 0. The van der Waals surface area contributed by atoms with E-state index in [1.165, 1.54) is 5.56 Å². The van der Waals surface area contributed by atoms with E-state index in [-0.39, 0.29) is 0 Å². The number of ether oxygens (including phenoxy) is 1. The Morgan fingerprint density at radius 1 is 0.818 bits per heavy atom. The highest BCUT2D eigenvalue weighted by Gasteiger charge is 2.18. The highest BCUT2D eigenvalue weighted by Crippen LogP contribution is 2.29. The van der Waals surface area contributed by atoms with Gasteiger partial charge in [0, 0.05) is 69.2 Å². The maximum atomic E-state index is 6.22. The molecule has 0 N–H and O–H groups in total. The number of aromatic nitrogens is 2. The van der Waals surface area contributed by atoms with Crippen molar-refractivity contribution in [2.75, 3.05) is 43.8 Å². The molecule has 2 aliphatic heterocycles. The van der Waals surface area contributed by atoms with Gasteiger partial charge < -0.3 is 24.3 Å². The fraction of sp³-hybridized carbons (Fsp3) is 0.231. The molecule has 0 saturated carbocycles. The Labute approximate surface area is 194 Å². The van der Waals surface area contributed by atoms with Crippen LogP contribution in [0.1, 0.15) is 5.56 Å². The molecule has 0 amide bonds. The molecule has 4 heterocycles. The second kappa shape index (κ2) is 9.24. The Morgan fingerprint density at radius 2 is 1.48 bits per heavy atom. The molecule has 1 aromatic carbocycles. The number of hydrogen-bond acceptors (Lipinski definition) is 7. The lowest BCUT2D eigenvalue weighted by molar-refractivity contribution is 0.321. The van der Waals surface area contributed by atoms with E-state index in [0.29, 0.717) is 6.61 Å². The molecular formula is C26H28N6O. The predicted molar refractivity (Wildman–Crippen MR) is 132 cm³/mol. The molecule has 7 nitrogen and oxygen atoms in total. The topological polar surface area (TPSA) is 48.0 Å². The summed E-state index contributed by atoms with van der Waals surface area (Å²) in [6, 6.07) is 18.5. The van der Waals surface area contributed by atoms with Gasteiger partial charge in [-0.2, -0.15) is 0 Å². The minimum Gasteiger partial charge on any atom is -0.493 e. The summed E-state index contributed by atoms with van der Waals surface area (Å²) in [4.78, 5) is 17.9. The van der Waals surface area contributed by atoms with Crippen molar-refractivity contribution in [1.29, 1.82) is 0 Å². The maximum absolute atomic E-state index is 6.22. The minimum atomic E-state index is 0.576. The number of anilines is 2. The zero-order valence-electron chi connectivity index (χ0n) is 19.0. The Bertz CT molecular complexity index is 1120. The van der Waals surface area contributed by atoms with Crippen LogP contribution in [0.15, 0.2) is 85.6 Å². The molecule has 0 spiro atoms. The summed E-state index contributed by atoms with van der Waals surface area (Å²) in [7, 11) is 4.10. The monoisotopic (exact) mass is 440 g/mol. The minimum absolute atomic E-state index is 0.576. The first-order valence-electron chi connectivity index (χ1n) is 11.1. The van der Waals surface area contributed by atoms with E-state index in [0.717, 1.165) is 48.4 Å². The largest absolute Gasteiger partial charge is 0.493 e. The maximum Gasteiger partial charge on any atom is 0.140 e. The van der Waals surface area contributed by atoms with E-state index < -0.39 is 0 Å². The summed E-state index contributed by atoms with van der Waals surface area (Å²) >= 11 is 0. The normalized spacial score (nSPS) is 15.1. The SMILES string of the molecule is CN1C=CN(c2cc(OCCc3ccnc(-c4ccccc4)c3)cc(N3C=CN(C)C3)n2)C1. The van der Waals surface area contributed by atoms with Crippen molar-refractivity contribution >= 4 is 11.6 Å². The van der Waals surface area contributed by atoms with E-state index in [2.05, 4.69) is 48.8 Å². The van der Waals surface area contributed by atoms with Crippen molar-refractivity contribution in [3.63, 3.8) is 0 Å². The lowest BCUT2D eigenvalue weighted by Crippen LogP contribution is -2.25. The third kappa shape index (κ3) is 4.92. The molecule has 0 bridgehead atoms. The second-order valence-electron chi connectivity index (χ2n) is 8.37. The quantitative estimate of drug-likeness (QED) is 0.548. The molecule has 168 valence electrons. The molecule has 33 heavy (non-hydrogen) atoms. The standard InChI is InChI=1S/C26H28N6O/c1-29-11-13-31(19-29)25-17-23(18-26(28-25)32-14-12-30(2)20-32)33-15-9-21-8-10-27-24(16-21)22-6-4-3-5-7-22/h3-8,10-14,16-18H,9,15,19-20H2,1-2H3. The lowest BCUT2D eigenvalue weighted by Gasteiger charge is -2.22. The van der Waals surface area contributed by atoms with Gasteiger partial charge in [-0.3, -0.25) is 4.98 Å². The van der Waals surface area contributed by atoms with Crippen molar-refractivity contribution in [3.8, 4) is 17.0 Å². The van der Waals surface area contributed by atoms with Gasteiger partial charge in [-0.05, 0) is 17.7 Å². The van der Waals surface area contributed by atoms with Crippen molar-refractivity contribution in [2.24, 2.45) is 0 Å². The Morgan fingerprint density at radius 3 is 2.09 bits per heavy atom. The fourth-order valence-corrected chi connectivity index (χ4v) is 3.89. The van der Waals surface area contributed by atoms with Gasteiger partial charge >= 0.3 is 0 Å². The zero-order valence-corrected chi connectivity index (χ0v) is 19.0. The number of pyridine rings is 2. The number of hydrogen-bond donors (Lipinski definition) is 0. The molecule has 0 radical (unpaired) electrons. The third-order valence-corrected chi connectivity index (χ3v) is 5.67. The second-order valence-corrected chi connectivity index (χ2v) is 8.37. The van der Waals surface area contributed by atoms with Crippen LogP contribution in [-0.2, 0) is 6.42 Å². The number of benzene rings is 1. The van der Waals surface area contributed by atoms with Gasteiger partial charge in [-0.1, -0.05) is 30.3 Å². The summed E-state index contributed by atoms with van der Waals surface area (Å²) in [5.74, 6) is 2.57. The van der Waals surface area contributed by atoms with E-state index >= 15 is 0 Å². The third-order valence-electron chi connectivity index (χ3n) is 5.67. The molecule has 0 fully saturated rings. The van der Waals surface area contributed by atoms with Crippen molar-refractivity contribution in [1.82, 2.24) is 19.8 Å². The first kappa shape index (κ1) is 20.9. The van der Waals surface area contributed by atoms with Gasteiger partial charge in [0.1, 0.15) is 17.4 Å². The van der Waals surface area contributed by atoms with E-state index in [1.807, 2.05) is 75.4 Å². The van der Waals surface area contributed by atoms with Crippen LogP contribution in [0, 0.1) is 0 Å². The fourth-order valence-electron chi connectivity index (χ4n) is 3.89. The molecule has 2 aliphatic rings. The first-order valence-corrected chi connectivity index (χ1v) is 11.1.